The first-order valence-corrected chi connectivity index (χ1v) is 23.2. The summed E-state index contributed by atoms with van der Waals surface area (Å²) >= 11 is -3.24. The van der Waals surface area contributed by atoms with E-state index in [-0.39, 0.29) is 0 Å². The van der Waals surface area contributed by atoms with Gasteiger partial charge in [-0.25, -0.2) is 0 Å². The van der Waals surface area contributed by atoms with Crippen molar-refractivity contribution in [2.24, 2.45) is 0 Å². The molecular formula is C24H24SiZr. The summed E-state index contributed by atoms with van der Waals surface area (Å²) in [6.45, 7) is 2.40. The zero-order valence-electron chi connectivity index (χ0n) is 15.4. The average Bonchev–Trinajstić information content (AvgIpc) is 3.22. The van der Waals surface area contributed by atoms with Crippen LogP contribution >= 0.6 is 0 Å². The molecule has 128 valence electrons. The van der Waals surface area contributed by atoms with Crippen LogP contribution in [0.1, 0.15) is 29.5 Å². The van der Waals surface area contributed by atoms with Gasteiger partial charge in [-0.15, -0.1) is 0 Å². The second kappa shape index (κ2) is 5.50. The molecule has 0 N–H and O–H groups in total. The Morgan fingerprint density at radius 2 is 1.19 bits per heavy atom. The Morgan fingerprint density at radius 3 is 1.81 bits per heavy atom. The molecule has 1 atom stereocenters. The number of benzene rings is 3. The van der Waals surface area contributed by atoms with E-state index in [0.29, 0.717) is 7.25 Å². The molecule has 0 aromatic heterocycles. The number of fused-ring (bicyclic) bond motifs is 4. The second-order valence-corrected chi connectivity index (χ2v) is 39.6. The molecule has 0 aliphatic heterocycles. The van der Waals surface area contributed by atoms with Gasteiger partial charge in [0, 0.05) is 0 Å². The van der Waals surface area contributed by atoms with Gasteiger partial charge in [0.2, 0.25) is 0 Å². The average molecular weight is 432 g/mol. The SMILES string of the molecule is [CH3][Zr]([CH3])(=[SiH2])([CH]1C=Cc2ccccc21)[CH]1c2ccccc2-c2ccccc21. The normalized spacial score (nSPS) is 18.5. The Labute approximate surface area is 158 Å². The summed E-state index contributed by atoms with van der Waals surface area (Å²) in [4.78, 5) is 0. The van der Waals surface area contributed by atoms with Crippen LogP contribution in [0.4, 0.5) is 0 Å². The van der Waals surface area contributed by atoms with Crippen molar-refractivity contribution >= 4 is 13.0 Å². The molecule has 0 spiro atoms. The summed E-state index contributed by atoms with van der Waals surface area (Å²) in [7, 11) is 0. The molecule has 2 heteroatoms. The van der Waals surface area contributed by atoms with Crippen molar-refractivity contribution in [3.63, 3.8) is 0 Å². The van der Waals surface area contributed by atoms with Crippen LogP contribution < -0.4 is 0 Å². The Bertz CT molecular complexity index is 1090. The molecule has 0 bridgehead atoms. The minimum absolute atomic E-state index is 0.586. The van der Waals surface area contributed by atoms with Gasteiger partial charge in [-0.3, -0.25) is 0 Å². The molecule has 3 aromatic carbocycles. The van der Waals surface area contributed by atoms with Crippen LogP contribution in [0, 0.1) is 0 Å². The molecule has 2 aliphatic rings. The van der Waals surface area contributed by atoms with Gasteiger partial charge in [-0.2, -0.15) is 0 Å². The maximum absolute atomic E-state index is 3.24. The van der Waals surface area contributed by atoms with E-state index in [1.165, 1.54) is 16.7 Å². The van der Waals surface area contributed by atoms with Gasteiger partial charge in [0.1, 0.15) is 0 Å². The second-order valence-electron chi connectivity index (χ2n) is 9.01. The molecule has 0 amide bonds. The quantitative estimate of drug-likeness (QED) is 0.446. The summed E-state index contributed by atoms with van der Waals surface area (Å²) in [5, 5.41) is 0. The van der Waals surface area contributed by atoms with Crippen molar-refractivity contribution < 1.29 is 17.4 Å². The molecule has 0 nitrogen and oxygen atoms in total. The first-order valence-electron chi connectivity index (χ1n) is 9.48. The number of rotatable bonds is 2. The van der Waals surface area contributed by atoms with Crippen LogP contribution in [0.5, 0.6) is 0 Å². The van der Waals surface area contributed by atoms with E-state index < -0.39 is 17.4 Å². The monoisotopic (exact) mass is 430 g/mol. The van der Waals surface area contributed by atoms with E-state index in [2.05, 4.69) is 101 Å². The third kappa shape index (κ3) is 2.22. The summed E-state index contributed by atoms with van der Waals surface area (Å²) < 4.78 is 6.55. The first kappa shape index (κ1) is 16.7. The molecule has 0 radical (unpaired) electrons. The van der Waals surface area contributed by atoms with E-state index in [0.717, 1.165) is 0 Å². The summed E-state index contributed by atoms with van der Waals surface area (Å²) in [5.41, 5.74) is 9.03. The fourth-order valence-corrected chi connectivity index (χ4v) is 22.2. The van der Waals surface area contributed by atoms with Gasteiger partial charge in [0.25, 0.3) is 0 Å². The van der Waals surface area contributed by atoms with Crippen LogP contribution in [-0.4, -0.2) is 6.88 Å². The zero-order valence-corrected chi connectivity index (χ0v) is 19.3. The number of hydrogen-bond donors (Lipinski definition) is 0. The molecule has 0 saturated heterocycles. The molecule has 0 heterocycles. The van der Waals surface area contributed by atoms with Crippen LogP contribution in [0.2, 0.25) is 9.26 Å². The molecule has 2 aliphatic carbocycles. The fourth-order valence-electron chi connectivity index (χ4n) is 5.43. The standard InChI is InChI=1S/C13H9.C9H7.2CH3.H2Si.Zr/c1-3-7-12-10(5-1)9-11-6-2-4-8-13(11)12;1-2-5-9-7-3-6-8(9)4-1;;;;/h1-9H;1-7H;2*1H3;1H2;. The first-order chi connectivity index (χ1) is 12.5. The molecule has 0 saturated carbocycles. The van der Waals surface area contributed by atoms with Crippen LogP contribution in [-0.2, 0) is 17.4 Å². The van der Waals surface area contributed by atoms with Crippen LogP contribution in [0.15, 0.2) is 78.9 Å². The van der Waals surface area contributed by atoms with E-state index in [1.54, 1.807) is 16.7 Å². The Kier molecular flexibility index (Phi) is 3.53. The summed E-state index contributed by atoms with van der Waals surface area (Å²) in [5.74, 6) is 0. The van der Waals surface area contributed by atoms with Crippen molar-refractivity contribution in [2.75, 3.05) is 0 Å². The van der Waals surface area contributed by atoms with E-state index in [4.69, 9.17) is 0 Å². The fraction of sp³-hybridized carbons (Fsp3) is 0.167. The van der Waals surface area contributed by atoms with Crippen molar-refractivity contribution in [2.45, 2.75) is 16.5 Å². The number of allylic oxidation sites excluding steroid dienone is 1. The topological polar surface area (TPSA) is 0 Å². The van der Waals surface area contributed by atoms with Gasteiger partial charge in [-0.1, -0.05) is 0 Å². The van der Waals surface area contributed by atoms with E-state index >= 15 is 0 Å². The molecule has 5 rings (SSSR count). The van der Waals surface area contributed by atoms with Gasteiger partial charge < -0.3 is 0 Å². The third-order valence-electron chi connectivity index (χ3n) is 6.60. The Hall–Kier alpha value is -1.50. The Balaban J connectivity index is 1.77. The van der Waals surface area contributed by atoms with Crippen LogP contribution in [0.25, 0.3) is 17.2 Å². The van der Waals surface area contributed by atoms with Crippen molar-refractivity contribution in [3.8, 4) is 11.1 Å². The Morgan fingerprint density at radius 1 is 0.692 bits per heavy atom. The molecule has 26 heavy (non-hydrogen) atoms. The third-order valence-corrected chi connectivity index (χ3v) is 24.1. The zero-order chi connectivity index (χ0) is 18.0. The molecular weight excluding hydrogens is 408 g/mol. The van der Waals surface area contributed by atoms with Gasteiger partial charge in [0.05, 0.1) is 0 Å². The predicted octanol–water partition coefficient (Wildman–Crippen LogP) is 5.86. The summed E-state index contributed by atoms with van der Waals surface area (Å²) in [6.07, 6.45) is 4.88. The van der Waals surface area contributed by atoms with Crippen molar-refractivity contribution in [1.82, 2.24) is 0 Å². The van der Waals surface area contributed by atoms with Crippen molar-refractivity contribution in [1.29, 1.82) is 0 Å². The number of hydrogen-bond acceptors (Lipinski definition) is 0. The van der Waals surface area contributed by atoms with Crippen LogP contribution in [0.3, 0.4) is 0 Å². The van der Waals surface area contributed by atoms with Crippen molar-refractivity contribution in [3.05, 3.63) is 101 Å². The van der Waals surface area contributed by atoms with Gasteiger partial charge >= 0.3 is 159 Å². The summed E-state index contributed by atoms with van der Waals surface area (Å²) in [6, 6.07) is 27.3. The molecule has 1 unspecified atom stereocenters. The maximum atomic E-state index is 2.68. The minimum atomic E-state index is -3.24. The van der Waals surface area contributed by atoms with Gasteiger partial charge in [0.15, 0.2) is 0 Å². The molecule has 3 aromatic rings. The van der Waals surface area contributed by atoms with Gasteiger partial charge in [-0.05, 0) is 0 Å². The molecule has 0 fully saturated rings. The predicted molar refractivity (Wildman–Crippen MR) is 112 cm³/mol. The van der Waals surface area contributed by atoms with E-state index in [1.807, 2.05) is 0 Å². The van der Waals surface area contributed by atoms with E-state index in [9.17, 15) is 0 Å².